The summed E-state index contributed by atoms with van der Waals surface area (Å²) in [6.45, 7) is 2.53. The number of ether oxygens (including phenoxy) is 2. The summed E-state index contributed by atoms with van der Waals surface area (Å²) in [4.78, 5) is 35.8. The van der Waals surface area contributed by atoms with Gasteiger partial charge in [-0.15, -0.1) is 11.8 Å². The zero-order chi connectivity index (χ0) is 35.3. The van der Waals surface area contributed by atoms with E-state index in [4.69, 9.17) is 9.47 Å². The van der Waals surface area contributed by atoms with Crippen LogP contribution in [-0.2, 0) is 32.2 Å². The van der Waals surface area contributed by atoms with Crippen molar-refractivity contribution < 1.29 is 34.1 Å². The van der Waals surface area contributed by atoms with Crippen LogP contribution in [-0.4, -0.2) is 46.4 Å². The Morgan fingerprint density at radius 2 is 1.54 bits per heavy atom. The van der Waals surface area contributed by atoms with E-state index in [2.05, 4.69) is 16.7 Å². The molecule has 5 rings (SSSR count). The number of hydrogen-bond acceptors (Lipinski definition) is 7. The standard InChI is InChI=1S/C40H44N2O7S/c1-27(44)41-22-6-2-3-9-38(45)42-24-33-7-4-5-8-36(33)29-14-16-32(17-15-29)40-48-34(26-50-35-20-18-31(19-21-35)39(46)47)23-37(49-40)30-12-10-28(25-43)11-13-30/h4-5,7-8,10-21,34,37,40,43H,2-3,6,9,22-26H2,1H3,(H,41,44)(H,42,45)(H,46,47)/t34-,37+,40+/m1/s1. The van der Waals surface area contributed by atoms with E-state index >= 15 is 0 Å². The number of amides is 2. The highest BCUT2D eigenvalue weighted by Gasteiger charge is 2.32. The monoisotopic (exact) mass is 696 g/mol. The van der Waals surface area contributed by atoms with Crippen LogP contribution in [0.15, 0.2) is 102 Å². The second-order valence-corrected chi connectivity index (χ2v) is 13.4. The van der Waals surface area contributed by atoms with Crippen molar-refractivity contribution in [2.24, 2.45) is 0 Å². The van der Waals surface area contributed by atoms with E-state index in [1.54, 1.807) is 23.9 Å². The van der Waals surface area contributed by atoms with Crippen molar-refractivity contribution in [2.45, 2.75) is 75.6 Å². The van der Waals surface area contributed by atoms with Crippen molar-refractivity contribution in [2.75, 3.05) is 12.3 Å². The van der Waals surface area contributed by atoms with E-state index in [1.165, 1.54) is 6.92 Å². The molecule has 10 heteroatoms. The van der Waals surface area contributed by atoms with Gasteiger partial charge in [-0.1, -0.05) is 79.2 Å². The number of carboxylic acids is 1. The third kappa shape index (κ3) is 10.8. The predicted octanol–water partition coefficient (Wildman–Crippen LogP) is 7.19. The number of carbonyl (C=O) groups is 3. The van der Waals surface area contributed by atoms with Gasteiger partial charge >= 0.3 is 5.97 Å². The van der Waals surface area contributed by atoms with Gasteiger partial charge in [0, 0.05) is 49.1 Å². The third-order valence-electron chi connectivity index (χ3n) is 8.59. The van der Waals surface area contributed by atoms with E-state index in [0.29, 0.717) is 31.7 Å². The summed E-state index contributed by atoms with van der Waals surface area (Å²) >= 11 is 1.61. The molecule has 1 aliphatic rings. The lowest BCUT2D eigenvalue weighted by Crippen LogP contribution is -2.31. The van der Waals surface area contributed by atoms with E-state index in [0.717, 1.165) is 57.5 Å². The maximum absolute atomic E-state index is 12.5. The van der Waals surface area contributed by atoms with Gasteiger partial charge in [0.05, 0.1) is 24.4 Å². The normalized spacial score (nSPS) is 17.2. The van der Waals surface area contributed by atoms with Gasteiger partial charge in [-0.3, -0.25) is 9.59 Å². The molecule has 50 heavy (non-hydrogen) atoms. The molecule has 0 aliphatic carbocycles. The van der Waals surface area contributed by atoms with Crippen LogP contribution in [0.2, 0.25) is 0 Å². The molecule has 0 unspecified atom stereocenters. The van der Waals surface area contributed by atoms with Crippen LogP contribution in [0.3, 0.4) is 0 Å². The molecule has 1 saturated heterocycles. The Morgan fingerprint density at radius 3 is 2.24 bits per heavy atom. The van der Waals surface area contributed by atoms with Crippen LogP contribution in [0.5, 0.6) is 0 Å². The zero-order valence-corrected chi connectivity index (χ0v) is 29.0. The minimum absolute atomic E-state index is 0.00632. The summed E-state index contributed by atoms with van der Waals surface area (Å²) in [7, 11) is 0. The maximum atomic E-state index is 12.5. The molecule has 262 valence electrons. The molecule has 0 spiro atoms. The van der Waals surface area contributed by atoms with Gasteiger partial charge in [0.1, 0.15) is 0 Å². The lowest BCUT2D eigenvalue weighted by molar-refractivity contribution is -0.245. The SMILES string of the molecule is CC(=O)NCCCCCC(=O)NCc1ccccc1-c1ccc([C@H]2O[C@@H](CSc3ccc(C(=O)O)cc3)C[C@@H](c3ccc(CO)cc3)O2)cc1. The molecule has 4 aromatic rings. The first kappa shape index (κ1) is 36.8. The number of carboxylic acid groups (broad SMARTS) is 1. The number of hydrogen-bond donors (Lipinski definition) is 4. The lowest BCUT2D eigenvalue weighted by Gasteiger charge is -2.36. The van der Waals surface area contributed by atoms with Crippen molar-refractivity contribution >= 4 is 29.5 Å². The fourth-order valence-corrected chi connectivity index (χ4v) is 6.74. The van der Waals surface area contributed by atoms with E-state index in [-0.39, 0.29) is 36.2 Å². The van der Waals surface area contributed by atoms with Crippen LogP contribution in [0.1, 0.15) is 84.0 Å². The number of nitrogens with one attached hydrogen (secondary N) is 2. The number of carbonyl (C=O) groups excluding carboxylic acids is 2. The summed E-state index contributed by atoms with van der Waals surface area (Å²) in [6, 6.07) is 30.8. The smallest absolute Gasteiger partial charge is 0.335 e. The Balaban J connectivity index is 1.24. The molecule has 3 atom stereocenters. The average molecular weight is 697 g/mol. The molecule has 4 aromatic carbocycles. The van der Waals surface area contributed by atoms with Gasteiger partial charge in [-0.2, -0.15) is 0 Å². The van der Waals surface area contributed by atoms with Crippen LogP contribution in [0.25, 0.3) is 11.1 Å². The Hall–Kier alpha value is -4.48. The Bertz CT molecular complexity index is 1710. The first-order valence-corrected chi connectivity index (χ1v) is 17.9. The van der Waals surface area contributed by atoms with Gasteiger partial charge in [0.25, 0.3) is 0 Å². The zero-order valence-electron chi connectivity index (χ0n) is 28.2. The van der Waals surface area contributed by atoms with Gasteiger partial charge in [-0.25, -0.2) is 4.79 Å². The topological polar surface area (TPSA) is 134 Å². The summed E-state index contributed by atoms with van der Waals surface area (Å²) in [6.07, 6.45) is 2.63. The summed E-state index contributed by atoms with van der Waals surface area (Å²) in [5, 5.41) is 24.6. The summed E-state index contributed by atoms with van der Waals surface area (Å²) < 4.78 is 13.0. The van der Waals surface area contributed by atoms with Crippen molar-refractivity contribution in [1.29, 1.82) is 0 Å². The quantitative estimate of drug-likeness (QED) is 0.0715. The molecule has 0 aromatic heterocycles. The predicted molar refractivity (Wildman–Crippen MR) is 193 cm³/mol. The second kappa shape index (κ2) is 18.5. The van der Waals surface area contributed by atoms with Gasteiger partial charge < -0.3 is 30.3 Å². The molecular weight excluding hydrogens is 653 g/mol. The minimum atomic E-state index is -0.951. The van der Waals surface area contributed by atoms with E-state index in [9.17, 15) is 24.6 Å². The van der Waals surface area contributed by atoms with Crippen molar-refractivity contribution in [1.82, 2.24) is 10.6 Å². The second-order valence-electron chi connectivity index (χ2n) is 12.3. The van der Waals surface area contributed by atoms with Crippen LogP contribution >= 0.6 is 11.8 Å². The summed E-state index contributed by atoms with van der Waals surface area (Å²) in [5.41, 5.74) is 6.04. The van der Waals surface area contributed by atoms with Crippen LogP contribution in [0, 0.1) is 0 Å². The Labute approximate surface area is 297 Å². The highest BCUT2D eigenvalue weighted by molar-refractivity contribution is 7.99. The molecule has 1 aliphatic heterocycles. The fraction of sp³-hybridized carbons (Fsp3) is 0.325. The maximum Gasteiger partial charge on any atom is 0.335 e. The Morgan fingerprint density at radius 1 is 0.820 bits per heavy atom. The first-order valence-electron chi connectivity index (χ1n) is 16.9. The molecular formula is C40H44N2O7S. The Kier molecular flexibility index (Phi) is 13.6. The first-order chi connectivity index (χ1) is 24.3. The number of rotatable bonds is 16. The molecule has 2 amide bonds. The number of thioether (sulfide) groups is 1. The lowest BCUT2D eigenvalue weighted by atomic mass is 9.97. The van der Waals surface area contributed by atoms with E-state index < -0.39 is 12.3 Å². The molecule has 1 heterocycles. The number of aliphatic hydroxyl groups excluding tert-OH is 1. The van der Waals surface area contributed by atoms with Gasteiger partial charge in [0.15, 0.2) is 6.29 Å². The molecule has 0 saturated carbocycles. The van der Waals surface area contributed by atoms with Gasteiger partial charge in [-0.05, 0) is 64.9 Å². The number of aromatic carboxylic acids is 1. The van der Waals surface area contributed by atoms with Crippen molar-refractivity contribution in [3.63, 3.8) is 0 Å². The van der Waals surface area contributed by atoms with E-state index in [1.807, 2.05) is 78.9 Å². The van der Waals surface area contributed by atoms with Crippen molar-refractivity contribution in [3.8, 4) is 11.1 Å². The van der Waals surface area contributed by atoms with Gasteiger partial charge in [0.2, 0.25) is 11.8 Å². The number of unbranched alkanes of at least 4 members (excludes halogenated alkanes) is 2. The largest absolute Gasteiger partial charge is 0.478 e. The molecule has 4 N–H and O–H groups in total. The van der Waals surface area contributed by atoms with Crippen molar-refractivity contribution in [3.05, 3.63) is 125 Å². The highest BCUT2D eigenvalue weighted by Crippen LogP contribution is 2.40. The average Bonchev–Trinajstić information content (AvgIpc) is 3.14. The highest BCUT2D eigenvalue weighted by atomic mass is 32.2. The molecule has 0 bridgehead atoms. The number of benzene rings is 4. The minimum Gasteiger partial charge on any atom is -0.478 e. The molecule has 0 radical (unpaired) electrons. The number of aliphatic hydroxyl groups is 1. The van der Waals surface area contributed by atoms with Crippen LogP contribution in [0.4, 0.5) is 0 Å². The third-order valence-corrected chi connectivity index (χ3v) is 9.74. The molecule has 1 fully saturated rings. The molecule has 9 nitrogen and oxygen atoms in total. The fourth-order valence-electron chi connectivity index (χ4n) is 5.82. The van der Waals surface area contributed by atoms with Crippen LogP contribution < -0.4 is 10.6 Å². The summed E-state index contributed by atoms with van der Waals surface area (Å²) in [5.74, 6) is -0.323.